The number of hydrogen-bond acceptors (Lipinski definition) is 4. The third kappa shape index (κ3) is 5.87. The van der Waals surface area contributed by atoms with Crippen molar-refractivity contribution in [1.29, 1.82) is 0 Å². The number of aliphatic imine (C=N–C) groups is 1. The van der Waals surface area contributed by atoms with Gasteiger partial charge in [-0.25, -0.2) is 0 Å². The summed E-state index contributed by atoms with van der Waals surface area (Å²) in [6.07, 6.45) is 1.47. The van der Waals surface area contributed by atoms with E-state index in [2.05, 4.69) is 20.9 Å². The average molecular weight is 392 g/mol. The summed E-state index contributed by atoms with van der Waals surface area (Å²) in [7, 11) is 3.38. The Bertz CT molecular complexity index is 933. The molecule has 0 saturated heterocycles. The SMILES string of the molecule is CN=C(NCc1ccc(NC(=O)c2ccco2)cc1)NCc1ccc(OC)cc1. The second-order valence-electron chi connectivity index (χ2n) is 6.26. The zero-order valence-electron chi connectivity index (χ0n) is 16.4. The van der Waals surface area contributed by atoms with Gasteiger partial charge in [-0.1, -0.05) is 24.3 Å². The molecular formula is C22H24N4O3. The highest BCUT2D eigenvalue weighted by molar-refractivity contribution is 6.02. The highest BCUT2D eigenvalue weighted by atomic mass is 16.5. The van der Waals surface area contributed by atoms with Crippen molar-refractivity contribution in [2.24, 2.45) is 4.99 Å². The average Bonchev–Trinajstić information content (AvgIpc) is 3.30. The first-order valence-electron chi connectivity index (χ1n) is 9.19. The molecule has 0 radical (unpaired) electrons. The summed E-state index contributed by atoms with van der Waals surface area (Å²) in [4.78, 5) is 16.2. The molecule has 0 aliphatic heterocycles. The Labute approximate surface area is 169 Å². The number of benzene rings is 2. The van der Waals surface area contributed by atoms with Gasteiger partial charge in [-0.2, -0.15) is 0 Å². The van der Waals surface area contributed by atoms with Crippen molar-refractivity contribution in [2.75, 3.05) is 19.5 Å². The predicted molar refractivity (Wildman–Crippen MR) is 113 cm³/mol. The van der Waals surface area contributed by atoms with E-state index in [-0.39, 0.29) is 11.7 Å². The Kier molecular flexibility index (Phi) is 6.89. The van der Waals surface area contributed by atoms with Crippen LogP contribution in [0.2, 0.25) is 0 Å². The van der Waals surface area contributed by atoms with E-state index < -0.39 is 0 Å². The molecule has 3 N–H and O–H groups in total. The number of carbonyl (C=O) groups excluding carboxylic acids is 1. The maximum Gasteiger partial charge on any atom is 0.291 e. The van der Waals surface area contributed by atoms with E-state index in [1.54, 1.807) is 26.3 Å². The minimum absolute atomic E-state index is 0.274. The Morgan fingerprint density at radius 1 is 0.966 bits per heavy atom. The van der Waals surface area contributed by atoms with Crippen LogP contribution in [0.5, 0.6) is 5.75 Å². The van der Waals surface area contributed by atoms with Crippen molar-refractivity contribution in [3.05, 3.63) is 83.8 Å². The molecule has 7 nitrogen and oxygen atoms in total. The minimum atomic E-state index is -0.274. The quantitative estimate of drug-likeness (QED) is 0.424. The molecule has 0 fully saturated rings. The van der Waals surface area contributed by atoms with Gasteiger partial charge >= 0.3 is 0 Å². The van der Waals surface area contributed by atoms with Gasteiger partial charge in [0, 0.05) is 25.8 Å². The number of methoxy groups -OCH3 is 1. The van der Waals surface area contributed by atoms with Gasteiger partial charge in [0.15, 0.2) is 11.7 Å². The second-order valence-corrected chi connectivity index (χ2v) is 6.26. The van der Waals surface area contributed by atoms with Crippen LogP contribution in [0.15, 0.2) is 76.3 Å². The molecule has 29 heavy (non-hydrogen) atoms. The number of amides is 1. The lowest BCUT2D eigenvalue weighted by molar-refractivity contribution is 0.0996. The van der Waals surface area contributed by atoms with Crippen molar-refractivity contribution in [2.45, 2.75) is 13.1 Å². The molecular weight excluding hydrogens is 368 g/mol. The highest BCUT2D eigenvalue weighted by Crippen LogP contribution is 2.12. The Hall–Kier alpha value is -3.74. The van der Waals surface area contributed by atoms with Crippen LogP contribution < -0.4 is 20.7 Å². The molecule has 0 spiro atoms. The molecule has 3 aromatic rings. The fourth-order valence-corrected chi connectivity index (χ4v) is 2.64. The van der Waals surface area contributed by atoms with Crippen LogP contribution in [0.25, 0.3) is 0 Å². The summed E-state index contributed by atoms with van der Waals surface area (Å²) in [5.41, 5.74) is 2.90. The molecule has 0 saturated carbocycles. The van der Waals surface area contributed by atoms with Gasteiger partial charge in [-0.15, -0.1) is 0 Å². The number of hydrogen-bond donors (Lipinski definition) is 3. The molecule has 2 aromatic carbocycles. The fraction of sp³-hybridized carbons (Fsp3) is 0.182. The van der Waals surface area contributed by atoms with Crippen molar-refractivity contribution in [1.82, 2.24) is 10.6 Å². The number of anilines is 1. The number of guanidine groups is 1. The lowest BCUT2D eigenvalue weighted by atomic mass is 10.2. The van der Waals surface area contributed by atoms with Crippen molar-refractivity contribution in [3.8, 4) is 5.75 Å². The second kappa shape index (κ2) is 9.98. The van der Waals surface area contributed by atoms with Crippen molar-refractivity contribution in [3.63, 3.8) is 0 Å². The van der Waals surface area contributed by atoms with Crippen LogP contribution in [0.4, 0.5) is 5.69 Å². The largest absolute Gasteiger partial charge is 0.497 e. The molecule has 7 heteroatoms. The predicted octanol–water partition coefficient (Wildman–Crippen LogP) is 3.41. The van der Waals surface area contributed by atoms with Crippen LogP contribution in [-0.2, 0) is 13.1 Å². The van der Waals surface area contributed by atoms with Gasteiger partial charge in [0.25, 0.3) is 5.91 Å². The number of rotatable bonds is 7. The van der Waals surface area contributed by atoms with Crippen LogP contribution in [0.3, 0.4) is 0 Å². The van der Waals surface area contributed by atoms with E-state index >= 15 is 0 Å². The first-order valence-corrected chi connectivity index (χ1v) is 9.19. The Morgan fingerprint density at radius 3 is 2.10 bits per heavy atom. The van der Waals surface area contributed by atoms with Crippen LogP contribution >= 0.6 is 0 Å². The Morgan fingerprint density at radius 2 is 1.59 bits per heavy atom. The number of furan rings is 1. The maximum atomic E-state index is 12.0. The zero-order valence-corrected chi connectivity index (χ0v) is 16.4. The summed E-state index contributed by atoms with van der Waals surface area (Å²) in [6, 6.07) is 18.8. The zero-order chi connectivity index (χ0) is 20.5. The van der Waals surface area contributed by atoms with Crippen molar-refractivity contribution >= 4 is 17.6 Å². The van der Waals surface area contributed by atoms with E-state index in [0.717, 1.165) is 16.9 Å². The molecule has 0 aliphatic carbocycles. The summed E-state index contributed by atoms with van der Waals surface area (Å²) >= 11 is 0. The number of nitrogens with zero attached hydrogens (tertiary/aromatic N) is 1. The molecule has 0 bridgehead atoms. The molecule has 0 atom stereocenters. The van der Waals surface area contributed by atoms with Crippen LogP contribution in [-0.4, -0.2) is 26.0 Å². The van der Waals surface area contributed by atoms with Crippen LogP contribution in [0, 0.1) is 0 Å². The third-order valence-electron chi connectivity index (χ3n) is 4.26. The number of carbonyl (C=O) groups is 1. The topological polar surface area (TPSA) is 87.9 Å². The van der Waals surface area contributed by atoms with Gasteiger partial charge in [0.1, 0.15) is 5.75 Å². The lowest BCUT2D eigenvalue weighted by Crippen LogP contribution is -2.36. The lowest BCUT2D eigenvalue weighted by Gasteiger charge is -2.12. The van der Waals surface area contributed by atoms with Crippen LogP contribution in [0.1, 0.15) is 21.7 Å². The fourth-order valence-electron chi connectivity index (χ4n) is 2.64. The summed E-state index contributed by atoms with van der Waals surface area (Å²) in [5.74, 6) is 1.54. The highest BCUT2D eigenvalue weighted by Gasteiger charge is 2.08. The number of ether oxygens (including phenoxy) is 1. The van der Waals surface area contributed by atoms with E-state index in [1.165, 1.54) is 6.26 Å². The molecule has 1 amide bonds. The maximum absolute atomic E-state index is 12.0. The van der Waals surface area contributed by atoms with E-state index in [0.29, 0.717) is 24.7 Å². The van der Waals surface area contributed by atoms with Gasteiger partial charge in [-0.3, -0.25) is 9.79 Å². The smallest absolute Gasteiger partial charge is 0.291 e. The number of nitrogens with one attached hydrogen (secondary N) is 3. The monoisotopic (exact) mass is 392 g/mol. The van der Waals surface area contributed by atoms with Gasteiger partial charge in [0.05, 0.1) is 13.4 Å². The van der Waals surface area contributed by atoms with Crippen molar-refractivity contribution < 1.29 is 13.9 Å². The third-order valence-corrected chi connectivity index (χ3v) is 4.26. The van der Waals surface area contributed by atoms with Gasteiger partial charge in [0.2, 0.25) is 0 Å². The van der Waals surface area contributed by atoms with E-state index in [1.807, 2.05) is 48.5 Å². The molecule has 150 valence electrons. The summed E-state index contributed by atoms with van der Waals surface area (Å²) < 4.78 is 10.3. The first kappa shape index (κ1) is 20.0. The molecule has 0 aliphatic rings. The van der Waals surface area contributed by atoms with E-state index in [4.69, 9.17) is 9.15 Å². The molecule has 1 heterocycles. The minimum Gasteiger partial charge on any atom is -0.497 e. The summed E-state index contributed by atoms with van der Waals surface area (Å²) in [6.45, 7) is 1.26. The molecule has 0 unspecified atom stereocenters. The molecule has 3 rings (SSSR count). The van der Waals surface area contributed by atoms with E-state index in [9.17, 15) is 4.79 Å². The summed E-state index contributed by atoms with van der Waals surface area (Å²) in [5, 5.41) is 9.35. The molecule has 1 aromatic heterocycles. The first-order chi connectivity index (χ1) is 14.2. The Balaban J connectivity index is 1.47. The van der Waals surface area contributed by atoms with Gasteiger partial charge < -0.3 is 25.1 Å². The normalized spacial score (nSPS) is 11.0. The van der Waals surface area contributed by atoms with Gasteiger partial charge in [-0.05, 0) is 47.5 Å². The standard InChI is InChI=1S/C22H24N4O3/c1-23-22(25-15-17-7-11-19(28-2)12-8-17)24-14-16-5-9-18(10-6-16)26-21(27)20-4-3-13-29-20/h3-13H,14-15H2,1-2H3,(H,26,27)(H2,23,24,25).